The van der Waals surface area contributed by atoms with E-state index in [0.717, 1.165) is 12.2 Å². The molecule has 1 N–H and O–H groups in total. The van der Waals surface area contributed by atoms with Crippen molar-refractivity contribution in [2.45, 2.75) is 27.2 Å². The van der Waals surface area contributed by atoms with Crippen molar-refractivity contribution >= 4 is 18.2 Å². The molecule has 16 heavy (non-hydrogen) atoms. The van der Waals surface area contributed by atoms with Gasteiger partial charge in [0.15, 0.2) is 0 Å². The molecule has 0 bridgehead atoms. The average Bonchev–Trinajstić information content (AvgIpc) is 2.15. The van der Waals surface area contributed by atoms with Crippen LogP contribution in [0.3, 0.4) is 0 Å². The van der Waals surface area contributed by atoms with Crippen LogP contribution >= 0.6 is 12.2 Å². The normalized spacial score (nSPS) is 10.6. The third-order valence-electron chi connectivity index (χ3n) is 2.15. The Morgan fingerprint density at radius 2 is 2.19 bits per heavy atom. The molecule has 0 radical (unpaired) electrons. The number of hydrogen-bond donors (Lipinski definition) is 1. The Balaban J connectivity index is 3.18. The van der Waals surface area contributed by atoms with Crippen LogP contribution in [0, 0.1) is 17.5 Å². The van der Waals surface area contributed by atoms with E-state index in [2.05, 4.69) is 28.6 Å². The van der Waals surface area contributed by atoms with Crippen molar-refractivity contribution in [1.29, 1.82) is 0 Å². The fourth-order valence-electron chi connectivity index (χ4n) is 1.47. The van der Waals surface area contributed by atoms with E-state index in [1.54, 1.807) is 6.92 Å². The van der Waals surface area contributed by atoms with E-state index in [1.807, 2.05) is 0 Å². The number of esters is 1. The molecule has 1 rings (SSSR count). The maximum Gasteiger partial charge on any atom is 0.342 e. The topological polar surface area (TPSA) is 55.0 Å². The van der Waals surface area contributed by atoms with Gasteiger partial charge in [0.1, 0.15) is 16.0 Å². The molecule has 0 atom stereocenters. The molecule has 0 aliphatic heterocycles. The minimum absolute atomic E-state index is 0.304. The van der Waals surface area contributed by atoms with E-state index in [1.165, 1.54) is 7.11 Å². The molecule has 0 spiro atoms. The highest BCUT2D eigenvalue weighted by Crippen LogP contribution is 2.10. The predicted molar refractivity (Wildman–Crippen MR) is 64.0 cm³/mol. The molecular weight excluding hydrogens is 224 g/mol. The molecule has 1 aromatic rings. The fourth-order valence-corrected chi connectivity index (χ4v) is 1.82. The average molecular weight is 240 g/mol. The molecule has 0 aliphatic carbocycles. The molecule has 0 unspecified atom stereocenters. The number of ether oxygens (including phenoxy) is 1. The molecule has 0 amide bonds. The second-order valence-corrected chi connectivity index (χ2v) is 4.46. The maximum absolute atomic E-state index is 11.4. The number of carbonyl (C=O) groups is 1. The first kappa shape index (κ1) is 12.8. The summed E-state index contributed by atoms with van der Waals surface area (Å²) in [4.78, 5) is 18.7. The van der Waals surface area contributed by atoms with Gasteiger partial charge in [-0.1, -0.05) is 26.1 Å². The number of aryl methyl sites for hydroxylation is 1. The van der Waals surface area contributed by atoms with Crippen molar-refractivity contribution in [3.05, 3.63) is 21.7 Å². The molecule has 1 aromatic heterocycles. The van der Waals surface area contributed by atoms with Crippen molar-refractivity contribution in [1.82, 2.24) is 9.97 Å². The largest absolute Gasteiger partial charge is 0.465 e. The number of aromatic amines is 1. The maximum atomic E-state index is 11.4. The van der Waals surface area contributed by atoms with E-state index in [-0.39, 0.29) is 0 Å². The SMILES string of the molecule is COC(=O)c1c(C)[nH]c(CC(C)C)nc1=S. The number of carbonyl (C=O) groups excluding carboxylic acids is 1. The van der Waals surface area contributed by atoms with Gasteiger partial charge in [-0.25, -0.2) is 9.78 Å². The lowest BCUT2D eigenvalue weighted by Crippen LogP contribution is -2.11. The lowest BCUT2D eigenvalue weighted by atomic mass is 10.1. The first-order valence-electron chi connectivity index (χ1n) is 5.13. The van der Waals surface area contributed by atoms with Crippen molar-refractivity contribution in [3.8, 4) is 0 Å². The molecule has 5 heteroatoms. The Kier molecular flexibility index (Phi) is 4.18. The van der Waals surface area contributed by atoms with Crippen molar-refractivity contribution in [2.75, 3.05) is 7.11 Å². The number of H-pyrrole nitrogens is 1. The molecule has 88 valence electrons. The summed E-state index contributed by atoms with van der Waals surface area (Å²) in [6, 6.07) is 0. The molecule has 4 nitrogen and oxygen atoms in total. The van der Waals surface area contributed by atoms with Gasteiger partial charge in [-0.15, -0.1) is 0 Å². The van der Waals surface area contributed by atoms with Gasteiger partial charge in [-0.2, -0.15) is 0 Å². The standard InChI is InChI=1S/C11H16N2O2S/c1-6(2)5-8-12-7(3)9(10(16)13-8)11(14)15-4/h6H,5H2,1-4H3,(H,12,13,16). The summed E-state index contributed by atoms with van der Waals surface area (Å²) in [5.41, 5.74) is 1.06. The Bertz CT molecular complexity index is 452. The fraction of sp³-hybridized carbons (Fsp3) is 0.545. The summed E-state index contributed by atoms with van der Waals surface area (Å²) in [7, 11) is 1.33. The zero-order chi connectivity index (χ0) is 12.3. The van der Waals surface area contributed by atoms with Crippen LogP contribution in [0.2, 0.25) is 0 Å². The van der Waals surface area contributed by atoms with E-state index < -0.39 is 5.97 Å². The molecule has 0 saturated heterocycles. The van der Waals surface area contributed by atoms with Gasteiger partial charge in [0.05, 0.1) is 7.11 Å². The predicted octanol–water partition coefficient (Wildman–Crippen LogP) is 2.43. The summed E-state index contributed by atoms with van der Waals surface area (Å²) in [5.74, 6) is 0.856. The molecule has 0 aromatic carbocycles. The van der Waals surface area contributed by atoms with Gasteiger partial charge in [0, 0.05) is 12.1 Å². The molecule has 0 fully saturated rings. The number of nitrogens with one attached hydrogen (secondary N) is 1. The van der Waals surface area contributed by atoms with Gasteiger partial charge in [0.25, 0.3) is 0 Å². The second-order valence-electron chi connectivity index (χ2n) is 4.08. The lowest BCUT2D eigenvalue weighted by molar-refractivity contribution is 0.0598. The second kappa shape index (κ2) is 5.21. The van der Waals surface area contributed by atoms with Gasteiger partial charge >= 0.3 is 5.97 Å². The zero-order valence-electron chi connectivity index (χ0n) is 9.96. The number of methoxy groups -OCH3 is 1. The van der Waals surface area contributed by atoms with Crippen LogP contribution in [0.4, 0.5) is 0 Å². The number of nitrogens with zero attached hydrogens (tertiary/aromatic N) is 1. The lowest BCUT2D eigenvalue weighted by Gasteiger charge is -2.08. The van der Waals surface area contributed by atoms with Crippen LogP contribution in [-0.2, 0) is 11.2 Å². The van der Waals surface area contributed by atoms with Crippen LogP contribution in [0.5, 0.6) is 0 Å². The quantitative estimate of drug-likeness (QED) is 0.651. The Hall–Kier alpha value is -1.23. The summed E-state index contributed by atoms with van der Waals surface area (Å²) < 4.78 is 4.96. The van der Waals surface area contributed by atoms with Crippen molar-refractivity contribution in [3.63, 3.8) is 0 Å². The van der Waals surface area contributed by atoms with Crippen LogP contribution in [0.15, 0.2) is 0 Å². The van der Waals surface area contributed by atoms with E-state index >= 15 is 0 Å². The van der Waals surface area contributed by atoms with Gasteiger partial charge < -0.3 is 9.72 Å². The summed E-state index contributed by atoms with van der Waals surface area (Å²) in [6.07, 6.45) is 0.811. The number of rotatable bonds is 3. The van der Waals surface area contributed by atoms with Gasteiger partial charge in [0.2, 0.25) is 0 Å². The molecule has 1 heterocycles. The third kappa shape index (κ3) is 2.88. The van der Waals surface area contributed by atoms with E-state index in [0.29, 0.717) is 21.8 Å². The van der Waals surface area contributed by atoms with Crippen LogP contribution in [-0.4, -0.2) is 23.0 Å². The minimum Gasteiger partial charge on any atom is -0.465 e. The Morgan fingerprint density at radius 3 is 2.62 bits per heavy atom. The summed E-state index contributed by atoms with van der Waals surface area (Å²) in [5, 5.41) is 0. The summed E-state index contributed by atoms with van der Waals surface area (Å²) >= 11 is 5.09. The van der Waals surface area contributed by atoms with Crippen molar-refractivity contribution < 1.29 is 9.53 Å². The smallest absolute Gasteiger partial charge is 0.342 e. The van der Waals surface area contributed by atoms with Gasteiger partial charge in [-0.3, -0.25) is 0 Å². The number of hydrogen-bond acceptors (Lipinski definition) is 4. The summed E-state index contributed by atoms with van der Waals surface area (Å²) in [6.45, 7) is 6.00. The first-order chi connectivity index (χ1) is 7.45. The Morgan fingerprint density at radius 1 is 1.56 bits per heavy atom. The van der Waals surface area contributed by atoms with E-state index in [4.69, 9.17) is 12.2 Å². The molecule has 0 saturated carbocycles. The number of aromatic nitrogens is 2. The first-order valence-corrected chi connectivity index (χ1v) is 5.54. The highest BCUT2D eigenvalue weighted by molar-refractivity contribution is 7.71. The Labute approximate surface area is 100 Å². The molecular formula is C11H16N2O2S. The highest BCUT2D eigenvalue weighted by atomic mass is 32.1. The minimum atomic E-state index is -0.442. The monoisotopic (exact) mass is 240 g/mol. The van der Waals surface area contributed by atoms with Crippen LogP contribution < -0.4 is 0 Å². The molecule has 0 aliphatic rings. The van der Waals surface area contributed by atoms with Crippen molar-refractivity contribution in [2.24, 2.45) is 5.92 Å². The third-order valence-corrected chi connectivity index (χ3v) is 2.44. The van der Waals surface area contributed by atoms with Crippen LogP contribution in [0.25, 0.3) is 0 Å². The van der Waals surface area contributed by atoms with Crippen LogP contribution in [0.1, 0.15) is 35.7 Å². The van der Waals surface area contributed by atoms with Gasteiger partial charge in [-0.05, 0) is 12.8 Å². The van der Waals surface area contributed by atoms with E-state index in [9.17, 15) is 4.79 Å². The zero-order valence-corrected chi connectivity index (χ0v) is 10.8. The highest BCUT2D eigenvalue weighted by Gasteiger charge is 2.14.